The summed E-state index contributed by atoms with van der Waals surface area (Å²) in [6.07, 6.45) is 1.07. The largest absolute Gasteiger partial charge is 0.302 e. The number of hydrogen-bond acceptors (Lipinski definition) is 2. The zero-order valence-electron chi connectivity index (χ0n) is 5.90. The minimum absolute atomic E-state index is 0.432. The lowest BCUT2D eigenvalue weighted by molar-refractivity contribution is 0.0245. The maximum Gasteiger partial charge on any atom is 0.0679 e. The summed E-state index contributed by atoms with van der Waals surface area (Å²) in [5.74, 6) is 0. The van der Waals surface area contributed by atoms with E-state index in [1.807, 2.05) is 0 Å². The lowest BCUT2D eigenvalue weighted by Crippen LogP contribution is -2.23. The highest BCUT2D eigenvalue weighted by Crippen LogP contribution is 1.78. The molecule has 0 spiro atoms. The summed E-state index contributed by atoms with van der Waals surface area (Å²) in [4.78, 5) is 4.99. The third kappa shape index (κ3) is 5.92. The van der Waals surface area contributed by atoms with Crippen molar-refractivity contribution in [1.82, 2.24) is 5.48 Å². The van der Waals surface area contributed by atoms with Crippen LogP contribution in [0.1, 0.15) is 27.2 Å². The van der Waals surface area contributed by atoms with E-state index in [4.69, 9.17) is 4.84 Å². The lowest BCUT2D eigenvalue weighted by Gasteiger charge is -2.05. The molecule has 0 rings (SSSR count). The van der Waals surface area contributed by atoms with E-state index in [2.05, 4.69) is 26.3 Å². The van der Waals surface area contributed by atoms with Crippen LogP contribution in [0.25, 0.3) is 0 Å². The molecule has 2 heteroatoms. The zero-order valence-corrected chi connectivity index (χ0v) is 5.90. The molecular weight excluding hydrogens is 102 g/mol. The second kappa shape index (κ2) is 5.06. The Labute approximate surface area is 51.2 Å². The fourth-order valence-corrected chi connectivity index (χ4v) is 0.328. The summed E-state index contributed by atoms with van der Waals surface area (Å²) in [6.45, 7) is 6.99. The number of nitrogens with one attached hydrogen (secondary N) is 1. The van der Waals surface area contributed by atoms with Crippen molar-refractivity contribution in [3.05, 3.63) is 0 Å². The van der Waals surface area contributed by atoms with Crippen molar-refractivity contribution in [3.8, 4) is 0 Å². The molecule has 0 aliphatic heterocycles. The topological polar surface area (TPSA) is 21.3 Å². The molecule has 50 valence electrons. The standard InChI is InChI=1S/C6H15NO/c1-4-5-8-7-6(2)3/h6-7H,4-5H2,1-3H3. The van der Waals surface area contributed by atoms with Gasteiger partial charge in [-0.05, 0) is 20.3 Å². The average Bonchev–Trinajstić information content (AvgIpc) is 1.66. The van der Waals surface area contributed by atoms with Crippen molar-refractivity contribution in [1.29, 1.82) is 0 Å². The van der Waals surface area contributed by atoms with Crippen molar-refractivity contribution >= 4 is 0 Å². The van der Waals surface area contributed by atoms with E-state index in [9.17, 15) is 0 Å². The Balaban J connectivity index is 2.72. The number of rotatable bonds is 4. The van der Waals surface area contributed by atoms with Crippen molar-refractivity contribution < 1.29 is 4.84 Å². The Morgan fingerprint density at radius 1 is 1.50 bits per heavy atom. The van der Waals surface area contributed by atoms with E-state index in [1.54, 1.807) is 0 Å². The van der Waals surface area contributed by atoms with E-state index in [1.165, 1.54) is 0 Å². The molecule has 0 amide bonds. The third-order valence-corrected chi connectivity index (χ3v) is 0.625. The number of hydroxylamine groups is 1. The quantitative estimate of drug-likeness (QED) is 0.443. The molecule has 0 bridgehead atoms. The normalized spacial score (nSPS) is 10.5. The van der Waals surface area contributed by atoms with Crippen LogP contribution < -0.4 is 5.48 Å². The molecule has 0 aliphatic rings. The minimum Gasteiger partial charge on any atom is -0.302 e. The molecule has 0 aromatic rings. The van der Waals surface area contributed by atoms with Gasteiger partial charge in [0.1, 0.15) is 0 Å². The highest BCUT2D eigenvalue weighted by molar-refractivity contribution is 4.38. The molecule has 0 aromatic heterocycles. The van der Waals surface area contributed by atoms with Crippen molar-refractivity contribution in [2.75, 3.05) is 6.61 Å². The molecule has 0 saturated heterocycles. The van der Waals surface area contributed by atoms with E-state index >= 15 is 0 Å². The van der Waals surface area contributed by atoms with Crippen LogP contribution in [0.4, 0.5) is 0 Å². The summed E-state index contributed by atoms with van der Waals surface area (Å²) in [6, 6.07) is 0.432. The van der Waals surface area contributed by atoms with Crippen LogP contribution in [0.2, 0.25) is 0 Å². The van der Waals surface area contributed by atoms with Crippen LogP contribution in [-0.2, 0) is 4.84 Å². The summed E-state index contributed by atoms with van der Waals surface area (Å²) in [5.41, 5.74) is 2.85. The molecule has 0 radical (unpaired) electrons. The fourth-order valence-electron chi connectivity index (χ4n) is 0.328. The molecule has 0 aliphatic carbocycles. The predicted octanol–water partition coefficient (Wildman–Crippen LogP) is 1.33. The molecule has 0 aromatic carbocycles. The predicted molar refractivity (Wildman–Crippen MR) is 34.5 cm³/mol. The van der Waals surface area contributed by atoms with Gasteiger partial charge < -0.3 is 4.84 Å². The molecule has 0 unspecified atom stereocenters. The third-order valence-electron chi connectivity index (χ3n) is 0.625. The summed E-state index contributed by atoms with van der Waals surface area (Å²) >= 11 is 0. The average molecular weight is 117 g/mol. The second-order valence-electron chi connectivity index (χ2n) is 2.12. The highest BCUT2D eigenvalue weighted by atomic mass is 16.6. The Bertz CT molecular complexity index is 45.8. The first-order chi connectivity index (χ1) is 3.77. The van der Waals surface area contributed by atoms with Gasteiger partial charge in [-0.25, -0.2) is 5.48 Å². The Hall–Kier alpha value is -0.0800. The molecule has 8 heavy (non-hydrogen) atoms. The molecule has 0 atom stereocenters. The Kier molecular flexibility index (Phi) is 5.01. The SMILES string of the molecule is CCCONC(C)C. The van der Waals surface area contributed by atoms with Crippen LogP contribution in [0.5, 0.6) is 0 Å². The summed E-state index contributed by atoms with van der Waals surface area (Å²) in [7, 11) is 0. The summed E-state index contributed by atoms with van der Waals surface area (Å²) in [5, 5.41) is 0. The van der Waals surface area contributed by atoms with Crippen molar-refractivity contribution in [2.45, 2.75) is 33.2 Å². The fraction of sp³-hybridized carbons (Fsp3) is 1.00. The first-order valence-electron chi connectivity index (χ1n) is 3.14. The van der Waals surface area contributed by atoms with Gasteiger partial charge in [-0.2, -0.15) is 0 Å². The second-order valence-corrected chi connectivity index (χ2v) is 2.12. The van der Waals surface area contributed by atoms with E-state index in [0.29, 0.717) is 6.04 Å². The first-order valence-corrected chi connectivity index (χ1v) is 3.14. The van der Waals surface area contributed by atoms with Crippen LogP contribution in [-0.4, -0.2) is 12.6 Å². The van der Waals surface area contributed by atoms with Gasteiger partial charge in [0.15, 0.2) is 0 Å². The van der Waals surface area contributed by atoms with Gasteiger partial charge in [0.2, 0.25) is 0 Å². The number of hydrogen-bond donors (Lipinski definition) is 1. The molecule has 1 N–H and O–H groups in total. The van der Waals surface area contributed by atoms with Crippen LogP contribution in [0, 0.1) is 0 Å². The van der Waals surface area contributed by atoms with Gasteiger partial charge >= 0.3 is 0 Å². The van der Waals surface area contributed by atoms with Crippen molar-refractivity contribution in [3.63, 3.8) is 0 Å². The van der Waals surface area contributed by atoms with E-state index < -0.39 is 0 Å². The molecular formula is C6H15NO. The van der Waals surface area contributed by atoms with Crippen LogP contribution in [0.3, 0.4) is 0 Å². The maximum absolute atomic E-state index is 4.99. The zero-order chi connectivity index (χ0) is 6.41. The molecule has 0 saturated carbocycles. The van der Waals surface area contributed by atoms with Crippen LogP contribution >= 0.6 is 0 Å². The molecule has 0 heterocycles. The Morgan fingerprint density at radius 2 is 2.12 bits per heavy atom. The van der Waals surface area contributed by atoms with Gasteiger partial charge in [0, 0.05) is 6.04 Å². The first kappa shape index (κ1) is 7.92. The lowest BCUT2D eigenvalue weighted by atomic mass is 10.4. The van der Waals surface area contributed by atoms with Crippen molar-refractivity contribution in [2.24, 2.45) is 0 Å². The smallest absolute Gasteiger partial charge is 0.0679 e. The monoisotopic (exact) mass is 117 g/mol. The molecule has 2 nitrogen and oxygen atoms in total. The maximum atomic E-state index is 4.99. The van der Waals surface area contributed by atoms with Gasteiger partial charge in [-0.1, -0.05) is 6.92 Å². The minimum atomic E-state index is 0.432. The van der Waals surface area contributed by atoms with E-state index in [0.717, 1.165) is 13.0 Å². The van der Waals surface area contributed by atoms with Gasteiger partial charge in [-0.15, -0.1) is 0 Å². The highest BCUT2D eigenvalue weighted by Gasteiger charge is 1.87. The molecule has 0 fully saturated rings. The van der Waals surface area contributed by atoms with Gasteiger partial charge in [0.25, 0.3) is 0 Å². The van der Waals surface area contributed by atoms with Crippen LogP contribution in [0.15, 0.2) is 0 Å². The summed E-state index contributed by atoms with van der Waals surface area (Å²) < 4.78 is 0. The van der Waals surface area contributed by atoms with Gasteiger partial charge in [-0.3, -0.25) is 0 Å². The van der Waals surface area contributed by atoms with E-state index in [-0.39, 0.29) is 0 Å². The van der Waals surface area contributed by atoms with Gasteiger partial charge in [0.05, 0.1) is 6.61 Å². The Morgan fingerprint density at radius 3 is 2.50 bits per heavy atom.